The van der Waals surface area contributed by atoms with Crippen LogP contribution in [0.15, 0.2) is 30.5 Å². The van der Waals surface area contributed by atoms with Gasteiger partial charge in [0.2, 0.25) is 24.1 Å². The summed E-state index contributed by atoms with van der Waals surface area (Å²) in [5.74, 6) is -2.67. The Morgan fingerprint density at radius 1 is 1.11 bits per heavy atom. The largest absolute Gasteiger partial charge is 0.344 e. The first-order valence-corrected chi connectivity index (χ1v) is 17.5. The minimum atomic E-state index is -3.22. The molecule has 0 unspecified atom stereocenters. The van der Waals surface area contributed by atoms with Gasteiger partial charge in [-0.25, -0.2) is 17.5 Å². The molecule has 2 N–H and O–H groups in total. The summed E-state index contributed by atoms with van der Waals surface area (Å²) in [5, 5.41) is 9.66. The molecule has 246 valence electrons. The van der Waals surface area contributed by atoms with Crippen molar-refractivity contribution >= 4 is 45.5 Å². The maximum Gasteiger partial charge on any atom is 0.247 e. The molecule has 3 atom stereocenters. The van der Waals surface area contributed by atoms with Gasteiger partial charge in [-0.1, -0.05) is 39.2 Å². The van der Waals surface area contributed by atoms with E-state index in [-0.39, 0.29) is 48.5 Å². The highest BCUT2D eigenvalue weighted by Gasteiger charge is 2.37. The molecule has 2 heterocycles. The number of rotatable bonds is 12. The van der Waals surface area contributed by atoms with Crippen molar-refractivity contribution in [3.05, 3.63) is 41.8 Å². The third-order valence-corrected chi connectivity index (χ3v) is 10.5. The smallest absolute Gasteiger partial charge is 0.247 e. The lowest BCUT2D eigenvalue weighted by atomic mass is 9.82. The van der Waals surface area contributed by atoms with Gasteiger partial charge in [0.15, 0.2) is 9.84 Å². The van der Waals surface area contributed by atoms with Crippen LogP contribution in [-0.4, -0.2) is 83.9 Å². The molecule has 1 aromatic carbocycles. The van der Waals surface area contributed by atoms with E-state index in [4.69, 9.17) is 0 Å². The predicted molar refractivity (Wildman–Crippen MR) is 168 cm³/mol. The molecular weight excluding hydrogens is 603 g/mol. The van der Waals surface area contributed by atoms with Gasteiger partial charge in [-0.3, -0.25) is 24.1 Å². The zero-order chi connectivity index (χ0) is 32.7. The Balaban J connectivity index is 1.57. The van der Waals surface area contributed by atoms with Gasteiger partial charge in [0.1, 0.15) is 23.7 Å². The molecule has 1 saturated heterocycles. The summed E-state index contributed by atoms with van der Waals surface area (Å²) in [6.45, 7) is 5.75. The average molecular weight is 647 g/mol. The first-order valence-electron chi connectivity index (χ1n) is 15.6. The molecule has 12 nitrogen and oxygen atoms in total. The zero-order valence-corrected chi connectivity index (χ0v) is 26.9. The Bertz CT molecular complexity index is 1480. The molecule has 2 aromatic rings. The number of carbonyl (C=O) groups is 4. The molecule has 4 rings (SSSR count). The van der Waals surface area contributed by atoms with E-state index < -0.39 is 45.5 Å². The van der Waals surface area contributed by atoms with Crippen LogP contribution in [0.25, 0.3) is 0 Å². The molecule has 0 radical (unpaired) electrons. The van der Waals surface area contributed by atoms with Crippen LogP contribution in [0.5, 0.6) is 0 Å². The Kier molecular flexibility index (Phi) is 11.3. The Labute approximate surface area is 263 Å². The van der Waals surface area contributed by atoms with Crippen molar-refractivity contribution in [2.45, 2.75) is 83.8 Å². The zero-order valence-electron chi connectivity index (χ0n) is 26.1. The molecular formula is C31H43FN6O6S. The van der Waals surface area contributed by atoms with Gasteiger partial charge in [-0.15, -0.1) is 0 Å². The van der Waals surface area contributed by atoms with Crippen LogP contribution in [0, 0.1) is 11.7 Å². The maximum atomic E-state index is 15.6. The quantitative estimate of drug-likeness (QED) is 0.337. The summed E-state index contributed by atoms with van der Waals surface area (Å²) in [5.41, 5.74) is 0.336. The fourth-order valence-electron chi connectivity index (χ4n) is 6.19. The molecule has 2 fully saturated rings. The van der Waals surface area contributed by atoms with Gasteiger partial charge in [0.05, 0.1) is 23.4 Å². The molecule has 0 bridgehead atoms. The number of nitrogens with zero attached hydrogens (tertiary/aromatic N) is 4. The number of benzene rings is 1. The summed E-state index contributed by atoms with van der Waals surface area (Å²) in [4.78, 5) is 54.8. The van der Waals surface area contributed by atoms with Crippen molar-refractivity contribution in [2.75, 3.05) is 34.8 Å². The van der Waals surface area contributed by atoms with Gasteiger partial charge in [-0.05, 0) is 43.4 Å². The van der Waals surface area contributed by atoms with Crippen LogP contribution in [0.1, 0.15) is 70.8 Å². The highest BCUT2D eigenvalue weighted by molar-refractivity contribution is 7.91. The number of aromatic nitrogens is 2. The van der Waals surface area contributed by atoms with E-state index in [1.54, 1.807) is 36.9 Å². The molecule has 1 aliphatic heterocycles. The van der Waals surface area contributed by atoms with Crippen molar-refractivity contribution in [3.63, 3.8) is 0 Å². The maximum absolute atomic E-state index is 15.6. The Morgan fingerprint density at radius 3 is 2.40 bits per heavy atom. The van der Waals surface area contributed by atoms with Crippen LogP contribution in [0.4, 0.5) is 15.9 Å². The van der Waals surface area contributed by atoms with E-state index in [0.717, 1.165) is 32.1 Å². The Hall–Kier alpha value is -3.81. The summed E-state index contributed by atoms with van der Waals surface area (Å²) >= 11 is 0. The fourth-order valence-corrected chi connectivity index (χ4v) is 7.39. The average Bonchev–Trinajstić information content (AvgIpc) is 3.51. The van der Waals surface area contributed by atoms with E-state index >= 15 is 4.39 Å². The molecule has 4 amide bonds. The van der Waals surface area contributed by atoms with E-state index in [1.807, 2.05) is 6.92 Å². The van der Waals surface area contributed by atoms with Crippen molar-refractivity contribution in [3.8, 4) is 0 Å². The van der Waals surface area contributed by atoms with Gasteiger partial charge < -0.3 is 15.5 Å². The van der Waals surface area contributed by atoms with Gasteiger partial charge in [-0.2, -0.15) is 5.10 Å². The second kappa shape index (κ2) is 15.0. The van der Waals surface area contributed by atoms with E-state index in [9.17, 15) is 27.6 Å². The van der Waals surface area contributed by atoms with Crippen molar-refractivity contribution in [2.24, 2.45) is 5.92 Å². The van der Waals surface area contributed by atoms with Crippen LogP contribution in [0.2, 0.25) is 0 Å². The number of nitrogens with one attached hydrogen (secondary N) is 2. The second-order valence-electron chi connectivity index (χ2n) is 11.8. The second-order valence-corrected chi connectivity index (χ2v) is 14.1. The third kappa shape index (κ3) is 8.08. The van der Waals surface area contributed by atoms with Crippen LogP contribution in [-0.2, 0) is 35.6 Å². The minimum Gasteiger partial charge on any atom is -0.344 e. The SMILES string of the molecule is CCC(=O)N[C@@H](C(=O)N1CCS(=O)(=O)CC1)[C@@H](C)c1ccc(NC(=O)[C@H](C2CCCCC2)N(C=O)c2ccnn2CC)c(F)c1. The first kappa shape index (κ1) is 34.1. The third-order valence-electron chi connectivity index (χ3n) is 8.87. The Morgan fingerprint density at radius 2 is 1.80 bits per heavy atom. The molecule has 0 spiro atoms. The topological polar surface area (TPSA) is 151 Å². The molecule has 2 aliphatic rings. The number of amides is 4. The van der Waals surface area contributed by atoms with Crippen molar-refractivity contribution in [1.82, 2.24) is 20.0 Å². The number of hydrogen-bond acceptors (Lipinski definition) is 7. The summed E-state index contributed by atoms with van der Waals surface area (Å²) in [7, 11) is -3.22. The number of hydrogen-bond donors (Lipinski definition) is 2. The lowest BCUT2D eigenvalue weighted by molar-refractivity contribution is -0.136. The number of halogens is 1. The van der Waals surface area contributed by atoms with E-state index in [0.29, 0.717) is 24.3 Å². The van der Waals surface area contributed by atoms with Gasteiger partial charge >= 0.3 is 0 Å². The monoisotopic (exact) mass is 646 g/mol. The lowest BCUT2D eigenvalue weighted by Gasteiger charge is -2.35. The highest BCUT2D eigenvalue weighted by atomic mass is 32.2. The molecule has 45 heavy (non-hydrogen) atoms. The van der Waals surface area contributed by atoms with E-state index in [2.05, 4.69) is 15.7 Å². The number of anilines is 2. The first-order chi connectivity index (χ1) is 21.5. The van der Waals surface area contributed by atoms with Crippen molar-refractivity contribution < 1.29 is 32.0 Å². The predicted octanol–water partition coefficient (Wildman–Crippen LogP) is 2.85. The highest BCUT2D eigenvalue weighted by Crippen LogP contribution is 2.32. The number of sulfone groups is 1. The molecule has 14 heteroatoms. The minimum absolute atomic E-state index is 0.0186. The fraction of sp³-hybridized carbons (Fsp3) is 0.581. The van der Waals surface area contributed by atoms with Crippen LogP contribution < -0.4 is 15.5 Å². The number of carbonyl (C=O) groups excluding carboxylic acids is 4. The van der Waals surface area contributed by atoms with Crippen molar-refractivity contribution in [1.29, 1.82) is 0 Å². The lowest BCUT2D eigenvalue weighted by Crippen LogP contribution is -2.54. The summed E-state index contributed by atoms with van der Waals surface area (Å²) < 4.78 is 41.0. The van der Waals surface area contributed by atoms with Gasteiger partial charge in [0.25, 0.3) is 0 Å². The standard InChI is InChI=1S/C31H43FN6O6S/c1-4-26(40)35-28(31(42)36-15-17-45(43,44)18-16-36)21(3)23-11-12-25(24(32)19-23)34-30(41)29(22-9-7-6-8-10-22)37(20-39)27-13-14-33-38(27)5-2/h11-14,19-22,28-29H,4-10,15-18H2,1-3H3,(H,34,41)(H,35,40)/t21-,28+,29-/m0/s1. The number of aryl methyl sites for hydroxylation is 1. The van der Waals surface area contributed by atoms with Crippen LogP contribution >= 0.6 is 0 Å². The van der Waals surface area contributed by atoms with Gasteiger partial charge in [0, 0.05) is 38.0 Å². The summed E-state index contributed by atoms with van der Waals surface area (Å²) in [6.07, 6.45) is 6.73. The molecule has 1 saturated carbocycles. The van der Waals surface area contributed by atoms with E-state index in [1.165, 1.54) is 21.9 Å². The molecule has 1 aliphatic carbocycles. The normalized spacial score (nSPS) is 18.8. The molecule has 1 aromatic heterocycles. The van der Waals surface area contributed by atoms with Crippen LogP contribution in [0.3, 0.4) is 0 Å². The summed E-state index contributed by atoms with van der Waals surface area (Å²) in [6, 6.07) is 3.98.